The van der Waals surface area contributed by atoms with Crippen LogP contribution in [0.15, 0.2) is 45.3 Å². The van der Waals surface area contributed by atoms with Crippen LogP contribution in [-0.2, 0) is 4.79 Å². The Morgan fingerprint density at radius 2 is 2.05 bits per heavy atom. The molecule has 0 aliphatic carbocycles. The van der Waals surface area contributed by atoms with E-state index in [1.807, 2.05) is 0 Å². The largest absolute Gasteiger partial charge is 0.478 e. The number of amides is 1. The Morgan fingerprint density at radius 3 is 2.67 bits per heavy atom. The lowest BCUT2D eigenvalue weighted by Crippen LogP contribution is -2.12. The van der Waals surface area contributed by atoms with Gasteiger partial charge in [0.15, 0.2) is 0 Å². The minimum Gasteiger partial charge on any atom is -0.478 e. The number of halogens is 1. The zero-order valence-corrected chi connectivity index (χ0v) is 12.7. The van der Waals surface area contributed by atoms with E-state index in [2.05, 4.69) is 21.2 Å². The fraction of sp³-hybridized carbons (Fsp3) is 0.0667. The van der Waals surface area contributed by atoms with Gasteiger partial charge in [-0.2, -0.15) is 0 Å². The quantitative estimate of drug-likeness (QED) is 0.824. The molecule has 0 bridgehead atoms. The summed E-state index contributed by atoms with van der Waals surface area (Å²) in [5.41, 5.74) is 0.232. The van der Waals surface area contributed by atoms with E-state index < -0.39 is 11.9 Å². The van der Waals surface area contributed by atoms with Crippen LogP contribution in [0.4, 0.5) is 5.69 Å². The Labute approximate surface area is 129 Å². The second kappa shape index (κ2) is 6.41. The van der Waals surface area contributed by atoms with Gasteiger partial charge in [-0.1, -0.05) is 6.07 Å². The summed E-state index contributed by atoms with van der Waals surface area (Å²) in [5.74, 6) is -0.266. The van der Waals surface area contributed by atoms with Crippen molar-refractivity contribution in [1.82, 2.24) is 0 Å². The maximum atomic E-state index is 11.9. The zero-order chi connectivity index (χ0) is 15.4. The average molecular weight is 350 g/mol. The third-order valence-electron chi connectivity index (χ3n) is 2.65. The van der Waals surface area contributed by atoms with Crippen molar-refractivity contribution in [3.05, 3.63) is 58.0 Å². The summed E-state index contributed by atoms with van der Waals surface area (Å²) < 4.78 is 5.80. The molecule has 2 aromatic rings. The standard InChI is InChI=1S/C15H12BrNO4/c1-9-5-6-10(21-9)7-8-13(18)17-14-11(15(19)20)3-2-4-12(14)16/h2-8H,1H3,(H,17,18)(H,19,20). The van der Waals surface area contributed by atoms with E-state index in [4.69, 9.17) is 9.52 Å². The number of furan rings is 1. The van der Waals surface area contributed by atoms with E-state index in [0.29, 0.717) is 10.2 Å². The van der Waals surface area contributed by atoms with Crippen LogP contribution in [-0.4, -0.2) is 17.0 Å². The van der Waals surface area contributed by atoms with Crippen LogP contribution in [0.25, 0.3) is 6.08 Å². The maximum absolute atomic E-state index is 11.9. The van der Waals surface area contributed by atoms with Gasteiger partial charge in [-0.05, 0) is 53.2 Å². The van der Waals surface area contributed by atoms with Gasteiger partial charge in [0.25, 0.3) is 0 Å². The number of benzene rings is 1. The molecule has 0 aliphatic rings. The van der Waals surface area contributed by atoms with Gasteiger partial charge in [0.1, 0.15) is 11.5 Å². The number of para-hydroxylation sites is 1. The van der Waals surface area contributed by atoms with E-state index in [0.717, 1.165) is 5.76 Å². The Bertz CT molecular complexity index is 718. The molecule has 2 N–H and O–H groups in total. The highest BCUT2D eigenvalue weighted by Crippen LogP contribution is 2.26. The van der Waals surface area contributed by atoms with Crippen molar-refractivity contribution >= 4 is 39.6 Å². The molecule has 1 heterocycles. The van der Waals surface area contributed by atoms with Gasteiger partial charge in [0, 0.05) is 10.5 Å². The van der Waals surface area contributed by atoms with E-state index >= 15 is 0 Å². The number of carbonyl (C=O) groups is 2. The number of rotatable bonds is 4. The minimum atomic E-state index is -1.11. The summed E-state index contributed by atoms with van der Waals surface area (Å²) in [6.45, 7) is 1.80. The maximum Gasteiger partial charge on any atom is 0.337 e. The molecule has 108 valence electrons. The summed E-state index contributed by atoms with van der Waals surface area (Å²) in [7, 11) is 0. The number of carboxylic acid groups (broad SMARTS) is 1. The van der Waals surface area contributed by atoms with Crippen molar-refractivity contribution in [2.24, 2.45) is 0 Å². The van der Waals surface area contributed by atoms with Crippen molar-refractivity contribution < 1.29 is 19.1 Å². The molecule has 0 radical (unpaired) electrons. The number of hydrogen-bond donors (Lipinski definition) is 2. The summed E-state index contributed by atoms with van der Waals surface area (Å²) in [6, 6.07) is 8.18. The molecule has 0 atom stereocenters. The van der Waals surface area contributed by atoms with E-state index in [9.17, 15) is 9.59 Å². The van der Waals surface area contributed by atoms with Gasteiger partial charge >= 0.3 is 5.97 Å². The molecule has 0 saturated carbocycles. The number of anilines is 1. The molecule has 5 nitrogen and oxygen atoms in total. The Hall–Kier alpha value is -2.34. The Morgan fingerprint density at radius 1 is 1.29 bits per heavy atom. The minimum absolute atomic E-state index is 0.0139. The van der Waals surface area contributed by atoms with Crippen LogP contribution in [0, 0.1) is 6.92 Å². The molecule has 2 rings (SSSR count). The van der Waals surface area contributed by atoms with E-state index in [-0.39, 0.29) is 11.3 Å². The molecule has 0 unspecified atom stereocenters. The fourth-order valence-electron chi connectivity index (χ4n) is 1.70. The summed E-state index contributed by atoms with van der Waals surface area (Å²) in [6.07, 6.45) is 2.79. The Balaban J connectivity index is 2.16. The molecular formula is C15H12BrNO4. The highest BCUT2D eigenvalue weighted by atomic mass is 79.9. The SMILES string of the molecule is Cc1ccc(C=CC(=O)Nc2c(Br)cccc2C(=O)O)o1. The normalized spacial score (nSPS) is 10.8. The van der Waals surface area contributed by atoms with Gasteiger partial charge in [-0.25, -0.2) is 4.79 Å². The highest BCUT2D eigenvalue weighted by molar-refractivity contribution is 9.10. The molecule has 6 heteroatoms. The average Bonchev–Trinajstić information content (AvgIpc) is 2.84. The highest BCUT2D eigenvalue weighted by Gasteiger charge is 2.14. The van der Waals surface area contributed by atoms with Crippen LogP contribution < -0.4 is 5.32 Å². The van der Waals surface area contributed by atoms with E-state index in [1.165, 1.54) is 18.2 Å². The van der Waals surface area contributed by atoms with Crippen molar-refractivity contribution in [2.45, 2.75) is 6.92 Å². The predicted octanol–water partition coefficient (Wildman–Crippen LogP) is 3.70. The molecule has 0 aliphatic heterocycles. The molecule has 0 fully saturated rings. The number of aryl methyl sites for hydroxylation is 1. The molecule has 1 amide bonds. The number of carbonyl (C=O) groups excluding carboxylic acids is 1. The lowest BCUT2D eigenvalue weighted by molar-refractivity contribution is -0.111. The van der Waals surface area contributed by atoms with Crippen LogP contribution in [0.2, 0.25) is 0 Å². The first kappa shape index (κ1) is 15.1. The summed E-state index contributed by atoms with van der Waals surface area (Å²) >= 11 is 3.22. The van der Waals surface area contributed by atoms with Gasteiger partial charge in [0.2, 0.25) is 5.91 Å². The summed E-state index contributed by atoms with van der Waals surface area (Å²) in [5, 5.41) is 11.7. The van der Waals surface area contributed by atoms with Crippen LogP contribution in [0.5, 0.6) is 0 Å². The van der Waals surface area contributed by atoms with Crippen molar-refractivity contribution in [2.75, 3.05) is 5.32 Å². The molecule has 1 aromatic carbocycles. The fourth-order valence-corrected chi connectivity index (χ4v) is 2.16. The van der Waals surface area contributed by atoms with Crippen molar-refractivity contribution in [3.8, 4) is 0 Å². The van der Waals surface area contributed by atoms with Gasteiger partial charge in [-0.3, -0.25) is 4.79 Å². The van der Waals surface area contributed by atoms with Gasteiger partial charge in [-0.15, -0.1) is 0 Å². The third-order valence-corrected chi connectivity index (χ3v) is 3.31. The topological polar surface area (TPSA) is 79.5 Å². The number of carboxylic acids is 1. The first-order valence-electron chi connectivity index (χ1n) is 6.04. The molecule has 1 aromatic heterocycles. The molecule has 0 spiro atoms. The van der Waals surface area contributed by atoms with Crippen molar-refractivity contribution in [1.29, 1.82) is 0 Å². The molecule has 0 saturated heterocycles. The first-order chi connectivity index (χ1) is 9.97. The third kappa shape index (κ3) is 3.82. The molecule has 21 heavy (non-hydrogen) atoms. The van der Waals surface area contributed by atoms with Gasteiger partial charge in [0.05, 0.1) is 11.3 Å². The lowest BCUT2D eigenvalue weighted by atomic mass is 10.2. The zero-order valence-electron chi connectivity index (χ0n) is 11.1. The van der Waals surface area contributed by atoms with Crippen LogP contribution in [0.1, 0.15) is 21.9 Å². The number of aromatic carboxylic acids is 1. The molecular weight excluding hydrogens is 338 g/mol. The monoisotopic (exact) mass is 349 g/mol. The number of nitrogens with one attached hydrogen (secondary N) is 1. The predicted molar refractivity (Wildman–Crippen MR) is 82.2 cm³/mol. The second-order valence-electron chi connectivity index (χ2n) is 4.24. The number of hydrogen-bond acceptors (Lipinski definition) is 3. The van der Waals surface area contributed by atoms with E-state index in [1.54, 1.807) is 31.2 Å². The first-order valence-corrected chi connectivity index (χ1v) is 6.84. The van der Waals surface area contributed by atoms with Crippen molar-refractivity contribution in [3.63, 3.8) is 0 Å². The Kier molecular flexibility index (Phi) is 4.59. The van der Waals surface area contributed by atoms with Gasteiger partial charge < -0.3 is 14.8 Å². The van der Waals surface area contributed by atoms with Crippen LogP contribution >= 0.6 is 15.9 Å². The second-order valence-corrected chi connectivity index (χ2v) is 5.09. The van der Waals surface area contributed by atoms with Crippen LogP contribution in [0.3, 0.4) is 0 Å². The smallest absolute Gasteiger partial charge is 0.337 e. The summed E-state index contributed by atoms with van der Waals surface area (Å²) in [4.78, 5) is 23.0. The lowest BCUT2D eigenvalue weighted by Gasteiger charge is -2.08.